The van der Waals surface area contributed by atoms with Gasteiger partial charge in [-0.05, 0) is 44.5 Å². The molecule has 1 aliphatic heterocycles. The topological polar surface area (TPSA) is 56.1 Å². The smallest absolute Gasteiger partial charge is 0.224 e. The molecule has 19 heavy (non-hydrogen) atoms. The van der Waals surface area contributed by atoms with Crippen molar-refractivity contribution < 1.29 is 4.79 Å². The SMILES string of the molecule is CN1CCCC(CC(=O)Nc2ccccc2C#N)C1. The van der Waals surface area contributed by atoms with Gasteiger partial charge in [0.25, 0.3) is 0 Å². The molecule has 1 atom stereocenters. The average Bonchev–Trinajstić information content (AvgIpc) is 2.39. The summed E-state index contributed by atoms with van der Waals surface area (Å²) < 4.78 is 0. The van der Waals surface area contributed by atoms with E-state index < -0.39 is 0 Å². The summed E-state index contributed by atoms with van der Waals surface area (Å²) in [5.74, 6) is 0.427. The molecule has 1 unspecified atom stereocenters. The lowest BCUT2D eigenvalue weighted by atomic mass is 9.95. The molecule has 0 saturated carbocycles. The molecule has 2 rings (SSSR count). The standard InChI is InChI=1S/C15H19N3O/c1-18-8-4-5-12(11-18)9-15(19)17-14-7-3-2-6-13(14)10-16/h2-3,6-7,12H,4-5,8-9,11H2,1H3,(H,17,19). The summed E-state index contributed by atoms with van der Waals surface area (Å²) in [6.07, 6.45) is 2.80. The zero-order chi connectivity index (χ0) is 13.7. The number of hydrogen-bond acceptors (Lipinski definition) is 3. The van der Waals surface area contributed by atoms with Crippen LogP contribution in [0.1, 0.15) is 24.8 Å². The maximum atomic E-state index is 12.0. The fourth-order valence-electron chi connectivity index (χ4n) is 2.59. The maximum absolute atomic E-state index is 12.0. The Morgan fingerprint density at radius 1 is 1.53 bits per heavy atom. The van der Waals surface area contributed by atoms with Crippen LogP contribution in [0.3, 0.4) is 0 Å². The molecule has 4 heteroatoms. The molecule has 0 aliphatic carbocycles. The van der Waals surface area contributed by atoms with E-state index in [4.69, 9.17) is 5.26 Å². The van der Waals surface area contributed by atoms with Gasteiger partial charge in [-0.2, -0.15) is 5.26 Å². The number of carbonyl (C=O) groups excluding carboxylic acids is 1. The number of rotatable bonds is 3. The van der Waals surface area contributed by atoms with Crippen molar-refractivity contribution in [1.82, 2.24) is 4.90 Å². The first-order valence-electron chi connectivity index (χ1n) is 6.66. The van der Waals surface area contributed by atoms with Gasteiger partial charge in [0.2, 0.25) is 5.91 Å². The number of nitrogens with one attached hydrogen (secondary N) is 1. The fraction of sp³-hybridized carbons (Fsp3) is 0.467. The highest BCUT2D eigenvalue weighted by Gasteiger charge is 2.20. The number of nitrogens with zero attached hydrogens (tertiary/aromatic N) is 2. The Morgan fingerprint density at radius 2 is 2.32 bits per heavy atom. The molecular weight excluding hydrogens is 238 g/mol. The number of nitriles is 1. The molecule has 1 aromatic rings. The van der Waals surface area contributed by atoms with E-state index in [0.29, 0.717) is 23.6 Å². The lowest BCUT2D eigenvalue weighted by Crippen LogP contribution is -2.34. The van der Waals surface area contributed by atoms with Crippen molar-refractivity contribution in [1.29, 1.82) is 5.26 Å². The molecule has 100 valence electrons. The van der Waals surface area contributed by atoms with Crippen molar-refractivity contribution in [3.63, 3.8) is 0 Å². The van der Waals surface area contributed by atoms with Crippen molar-refractivity contribution >= 4 is 11.6 Å². The van der Waals surface area contributed by atoms with E-state index >= 15 is 0 Å². The zero-order valence-electron chi connectivity index (χ0n) is 11.2. The van der Waals surface area contributed by atoms with Gasteiger partial charge >= 0.3 is 0 Å². The highest BCUT2D eigenvalue weighted by Crippen LogP contribution is 2.20. The van der Waals surface area contributed by atoms with Crippen LogP contribution in [0.2, 0.25) is 0 Å². The van der Waals surface area contributed by atoms with Gasteiger partial charge in [-0.15, -0.1) is 0 Å². The fourth-order valence-corrected chi connectivity index (χ4v) is 2.59. The molecule has 1 fully saturated rings. The van der Waals surface area contributed by atoms with E-state index in [0.717, 1.165) is 25.9 Å². The van der Waals surface area contributed by atoms with Crippen LogP contribution >= 0.6 is 0 Å². The molecule has 4 nitrogen and oxygen atoms in total. The van der Waals surface area contributed by atoms with Crippen LogP contribution in [0.4, 0.5) is 5.69 Å². The predicted octanol–water partition coefficient (Wildman–Crippen LogP) is 2.23. The van der Waals surface area contributed by atoms with Gasteiger partial charge in [-0.25, -0.2) is 0 Å². The number of carbonyl (C=O) groups is 1. The van der Waals surface area contributed by atoms with Gasteiger partial charge < -0.3 is 10.2 Å². The normalized spacial score (nSPS) is 19.7. The van der Waals surface area contributed by atoms with Crippen molar-refractivity contribution in [2.24, 2.45) is 5.92 Å². The molecule has 1 amide bonds. The van der Waals surface area contributed by atoms with Crippen LogP contribution in [0.15, 0.2) is 24.3 Å². The summed E-state index contributed by atoms with van der Waals surface area (Å²) in [7, 11) is 2.09. The lowest BCUT2D eigenvalue weighted by molar-refractivity contribution is -0.117. The Morgan fingerprint density at radius 3 is 3.05 bits per heavy atom. The van der Waals surface area contributed by atoms with Crippen LogP contribution in [0, 0.1) is 17.2 Å². The second-order valence-electron chi connectivity index (χ2n) is 5.18. The molecule has 0 bridgehead atoms. The Kier molecular flexibility index (Phi) is 4.53. The Hall–Kier alpha value is -1.86. The molecule has 0 radical (unpaired) electrons. The third-order valence-corrected chi connectivity index (χ3v) is 3.52. The minimum atomic E-state index is 0.00278. The molecule has 1 aliphatic rings. The van der Waals surface area contributed by atoms with Gasteiger partial charge in [0.05, 0.1) is 11.3 Å². The largest absolute Gasteiger partial charge is 0.325 e. The van der Waals surface area contributed by atoms with E-state index in [-0.39, 0.29) is 5.91 Å². The molecule has 1 saturated heterocycles. The molecule has 0 spiro atoms. The van der Waals surface area contributed by atoms with Crippen LogP contribution in [0.25, 0.3) is 0 Å². The van der Waals surface area contributed by atoms with Crippen molar-refractivity contribution in [3.8, 4) is 6.07 Å². The van der Waals surface area contributed by atoms with Crippen molar-refractivity contribution in [2.75, 3.05) is 25.5 Å². The minimum Gasteiger partial charge on any atom is -0.325 e. The first-order chi connectivity index (χ1) is 9.19. The Labute approximate surface area is 114 Å². The lowest BCUT2D eigenvalue weighted by Gasteiger charge is -2.29. The Balaban J connectivity index is 1.92. The van der Waals surface area contributed by atoms with E-state index in [2.05, 4.69) is 23.3 Å². The van der Waals surface area contributed by atoms with E-state index in [1.54, 1.807) is 18.2 Å². The van der Waals surface area contributed by atoms with Crippen molar-refractivity contribution in [3.05, 3.63) is 29.8 Å². The van der Waals surface area contributed by atoms with Crippen molar-refractivity contribution in [2.45, 2.75) is 19.3 Å². The van der Waals surface area contributed by atoms with Gasteiger partial charge in [-0.3, -0.25) is 4.79 Å². The van der Waals surface area contributed by atoms with Crippen LogP contribution in [-0.4, -0.2) is 30.9 Å². The predicted molar refractivity (Wildman–Crippen MR) is 74.6 cm³/mol. The monoisotopic (exact) mass is 257 g/mol. The van der Waals surface area contributed by atoms with E-state index in [1.807, 2.05) is 6.07 Å². The first-order valence-corrected chi connectivity index (χ1v) is 6.66. The van der Waals surface area contributed by atoms with E-state index in [9.17, 15) is 4.79 Å². The van der Waals surface area contributed by atoms with Crippen LogP contribution in [-0.2, 0) is 4.79 Å². The zero-order valence-corrected chi connectivity index (χ0v) is 11.2. The molecule has 0 aromatic heterocycles. The summed E-state index contributed by atoms with van der Waals surface area (Å²) in [6, 6.07) is 9.19. The van der Waals surface area contributed by atoms with E-state index in [1.165, 1.54) is 0 Å². The first kappa shape index (κ1) is 13.6. The van der Waals surface area contributed by atoms with Gasteiger partial charge in [-0.1, -0.05) is 12.1 Å². The quantitative estimate of drug-likeness (QED) is 0.903. The molecular formula is C15H19N3O. The summed E-state index contributed by atoms with van der Waals surface area (Å²) in [5.41, 5.74) is 1.12. The van der Waals surface area contributed by atoms with Gasteiger partial charge in [0, 0.05) is 13.0 Å². The number of para-hydroxylation sites is 1. The van der Waals surface area contributed by atoms with Crippen LogP contribution in [0.5, 0.6) is 0 Å². The average molecular weight is 257 g/mol. The number of anilines is 1. The maximum Gasteiger partial charge on any atom is 0.224 e. The number of benzene rings is 1. The molecule has 1 heterocycles. The highest BCUT2D eigenvalue weighted by molar-refractivity contribution is 5.92. The van der Waals surface area contributed by atoms with Gasteiger partial charge in [0.1, 0.15) is 6.07 Å². The van der Waals surface area contributed by atoms with Gasteiger partial charge in [0.15, 0.2) is 0 Å². The number of piperidine rings is 1. The number of likely N-dealkylation sites (tertiary alicyclic amines) is 1. The summed E-state index contributed by atoms with van der Waals surface area (Å²) in [5, 5.41) is 11.8. The molecule has 1 aromatic carbocycles. The highest BCUT2D eigenvalue weighted by atomic mass is 16.1. The second-order valence-corrected chi connectivity index (χ2v) is 5.18. The molecule has 1 N–H and O–H groups in total. The van der Waals surface area contributed by atoms with Crippen LogP contribution < -0.4 is 5.32 Å². The third-order valence-electron chi connectivity index (χ3n) is 3.52. The second kappa shape index (κ2) is 6.35. The minimum absolute atomic E-state index is 0.00278. The summed E-state index contributed by atoms with van der Waals surface area (Å²) in [6.45, 7) is 2.10. The Bertz CT molecular complexity index is 492. The summed E-state index contributed by atoms with van der Waals surface area (Å²) in [4.78, 5) is 14.3. The summed E-state index contributed by atoms with van der Waals surface area (Å²) >= 11 is 0. The third kappa shape index (κ3) is 3.80. The number of amides is 1. The number of hydrogen-bond donors (Lipinski definition) is 1.